The van der Waals surface area contributed by atoms with E-state index in [9.17, 15) is 14.9 Å². The molecule has 0 spiro atoms. The molecule has 0 aliphatic heterocycles. The molecule has 1 fully saturated rings. The molecule has 0 unspecified atom stereocenters. The Morgan fingerprint density at radius 2 is 1.81 bits per heavy atom. The summed E-state index contributed by atoms with van der Waals surface area (Å²) in [7, 11) is 0. The topological polar surface area (TPSA) is 88.4 Å². The van der Waals surface area contributed by atoms with Gasteiger partial charge in [-0.25, -0.2) is 4.79 Å². The number of ether oxygens (including phenoxy) is 2. The first-order chi connectivity index (χ1) is 12.4. The van der Waals surface area contributed by atoms with Crippen molar-refractivity contribution in [3.05, 3.63) is 29.8 Å². The van der Waals surface area contributed by atoms with E-state index in [1.807, 2.05) is 12.1 Å². The molecule has 1 aliphatic carbocycles. The number of nitrogens with one attached hydrogen (secondary N) is 1. The molecule has 1 saturated carbocycles. The van der Waals surface area contributed by atoms with Crippen molar-refractivity contribution in [1.82, 2.24) is 5.32 Å². The number of benzene rings is 1. The second-order valence-electron chi connectivity index (χ2n) is 6.98. The Hall–Kier alpha value is -2.55. The maximum absolute atomic E-state index is 12.0. The molecule has 1 amide bonds. The van der Waals surface area contributed by atoms with Gasteiger partial charge in [-0.3, -0.25) is 4.79 Å². The molecular weight excluding hydrogens is 332 g/mol. The third kappa shape index (κ3) is 5.76. The number of rotatable bonds is 7. The Morgan fingerprint density at radius 3 is 2.38 bits per heavy atom. The number of carbonyl (C=O) groups is 2. The Kier molecular flexibility index (Phi) is 7.02. The van der Waals surface area contributed by atoms with Crippen LogP contribution in [-0.2, 0) is 14.3 Å². The molecule has 6 heteroatoms. The summed E-state index contributed by atoms with van der Waals surface area (Å²) < 4.78 is 10.3. The third-order valence-electron chi connectivity index (χ3n) is 4.57. The summed E-state index contributed by atoms with van der Waals surface area (Å²) >= 11 is 0. The summed E-state index contributed by atoms with van der Waals surface area (Å²) in [4.78, 5) is 23.7. The number of hydrogen-bond acceptors (Lipinski definition) is 5. The minimum absolute atomic E-state index is 0.266. The largest absolute Gasteiger partial charge is 0.482 e. The second kappa shape index (κ2) is 9.23. The zero-order valence-electron chi connectivity index (χ0n) is 15.4. The van der Waals surface area contributed by atoms with E-state index in [1.54, 1.807) is 12.1 Å². The molecule has 2 rings (SSSR count). The van der Waals surface area contributed by atoms with Gasteiger partial charge in [-0.05, 0) is 36.5 Å². The van der Waals surface area contributed by atoms with E-state index < -0.39 is 24.0 Å². The molecule has 0 radical (unpaired) electrons. The van der Waals surface area contributed by atoms with E-state index in [0.717, 1.165) is 19.3 Å². The minimum atomic E-state index is -0.823. The first-order valence-corrected chi connectivity index (χ1v) is 9.05. The Labute approximate surface area is 154 Å². The van der Waals surface area contributed by atoms with Crippen LogP contribution in [0.3, 0.4) is 0 Å². The lowest BCUT2D eigenvalue weighted by Gasteiger charge is -2.31. The fraction of sp³-hybridized carbons (Fsp3) is 0.550. The summed E-state index contributed by atoms with van der Waals surface area (Å²) in [6, 6.07) is 9.70. The lowest BCUT2D eigenvalue weighted by atomic mass is 9.83. The molecule has 0 atom stereocenters. The molecule has 1 aromatic carbocycles. The van der Waals surface area contributed by atoms with E-state index in [4.69, 9.17) is 9.47 Å². The zero-order chi connectivity index (χ0) is 19.0. The Balaban J connectivity index is 1.72. The van der Waals surface area contributed by atoms with Crippen molar-refractivity contribution in [3.63, 3.8) is 0 Å². The van der Waals surface area contributed by atoms with Gasteiger partial charge in [-0.1, -0.05) is 45.2 Å². The lowest BCUT2D eigenvalue weighted by molar-refractivity contribution is -0.150. The number of nitriles is 1. The maximum Gasteiger partial charge on any atom is 0.344 e. The quantitative estimate of drug-likeness (QED) is 0.757. The van der Waals surface area contributed by atoms with E-state index in [2.05, 4.69) is 25.2 Å². The van der Waals surface area contributed by atoms with Gasteiger partial charge in [0.2, 0.25) is 0 Å². The molecular formula is C20H26N2O4. The van der Waals surface area contributed by atoms with Gasteiger partial charge in [0.05, 0.1) is 6.07 Å². The molecule has 0 saturated heterocycles. The van der Waals surface area contributed by atoms with Gasteiger partial charge in [-0.15, -0.1) is 0 Å². The van der Waals surface area contributed by atoms with Crippen LogP contribution in [0.4, 0.5) is 0 Å². The highest BCUT2D eigenvalue weighted by Crippen LogP contribution is 2.27. The van der Waals surface area contributed by atoms with Crippen LogP contribution in [0, 0.1) is 11.3 Å². The molecule has 140 valence electrons. The zero-order valence-corrected chi connectivity index (χ0v) is 15.4. The highest BCUT2D eigenvalue weighted by Gasteiger charge is 2.33. The van der Waals surface area contributed by atoms with Gasteiger partial charge in [0.1, 0.15) is 11.3 Å². The smallest absolute Gasteiger partial charge is 0.344 e. The Morgan fingerprint density at radius 1 is 1.15 bits per heavy atom. The lowest BCUT2D eigenvalue weighted by Crippen LogP contribution is -2.50. The maximum atomic E-state index is 12.0. The van der Waals surface area contributed by atoms with E-state index >= 15 is 0 Å². The van der Waals surface area contributed by atoms with Gasteiger partial charge >= 0.3 is 5.97 Å². The van der Waals surface area contributed by atoms with Crippen LogP contribution in [-0.4, -0.2) is 30.6 Å². The van der Waals surface area contributed by atoms with Crippen LogP contribution < -0.4 is 10.1 Å². The fourth-order valence-electron chi connectivity index (χ4n) is 3.00. The second-order valence-corrected chi connectivity index (χ2v) is 6.98. The highest BCUT2D eigenvalue weighted by atomic mass is 16.6. The number of amides is 1. The molecule has 6 nitrogen and oxygen atoms in total. The van der Waals surface area contributed by atoms with Crippen LogP contribution in [0.15, 0.2) is 24.3 Å². The van der Waals surface area contributed by atoms with Crippen LogP contribution in [0.25, 0.3) is 0 Å². The summed E-state index contributed by atoms with van der Waals surface area (Å²) in [6.45, 7) is 3.53. The average molecular weight is 358 g/mol. The van der Waals surface area contributed by atoms with Crippen LogP contribution in [0.2, 0.25) is 0 Å². The first kappa shape index (κ1) is 19.8. The van der Waals surface area contributed by atoms with E-state index in [1.165, 1.54) is 5.56 Å². The molecule has 1 N–H and O–H groups in total. The number of hydrogen-bond donors (Lipinski definition) is 1. The van der Waals surface area contributed by atoms with Gasteiger partial charge < -0.3 is 14.8 Å². The highest BCUT2D eigenvalue weighted by molar-refractivity contribution is 5.81. The van der Waals surface area contributed by atoms with Crippen molar-refractivity contribution in [2.45, 2.75) is 57.4 Å². The molecule has 1 aliphatic rings. The van der Waals surface area contributed by atoms with Crippen molar-refractivity contribution in [1.29, 1.82) is 5.26 Å². The summed E-state index contributed by atoms with van der Waals surface area (Å²) in [5.74, 6) is -0.0827. The Bertz CT molecular complexity index is 655. The van der Waals surface area contributed by atoms with Crippen molar-refractivity contribution in [3.8, 4) is 11.8 Å². The van der Waals surface area contributed by atoms with Gasteiger partial charge in [0, 0.05) is 0 Å². The van der Waals surface area contributed by atoms with Crippen LogP contribution in [0.1, 0.15) is 57.4 Å². The van der Waals surface area contributed by atoms with E-state index in [-0.39, 0.29) is 6.61 Å². The minimum Gasteiger partial charge on any atom is -0.482 e. The third-order valence-corrected chi connectivity index (χ3v) is 4.57. The standard InChI is InChI=1S/C20H26N2O4/c1-15(2)16-6-8-17(9-7-16)25-13-19(24)26-12-18(23)22-20(14-21)10-4-3-5-11-20/h6-9,15H,3-5,10-13H2,1-2H3,(H,22,23). The molecule has 26 heavy (non-hydrogen) atoms. The van der Waals surface area contributed by atoms with Crippen molar-refractivity contribution < 1.29 is 19.1 Å². The van der Waals surface area contributed by atoms with Crippen molar-refractivity contribution in [2.24, 2.45) is 0 Å². The number of nitrogens with zero attached hydrogens (tertiary/aromatic N) is 1. The van der Waals surface area contributed by atoms with Crippen molar-refractivity contribution >= 4 is 11.9 Å². The summed E-state index contributed by atoms with van der Waals surface area (Å²) in [6.07, 6.45) is 4.18. The SMILES string of the molecule is CC(C)c1ccc(OCC(=O)OCC(=O)NC2(C#N)CCCCC2)cc1. The predicted molar refractivity (Wildman–Crippen MR) is 96.6 cm³/mol. The predicted octanol–water partition coefficient (Wildman–Crippen LogP) is 3.07. The van der Waals surface area contributed by atoms with Crippen molar-refractivity contribution in [2.75, 3.05) is 13.2 Å². The number of carbonyl (C=O) groups excluding carboxylic acids is 2. The molecule has 1 aromatic rings. The first-order valence-electron chi connectivity index (χ1n) is 9.05. The van der Waals surface area contributed by atoms with Crippen LogP contribution in [0.5, 0.6) is 5.75 Å². The molecule has 0 aromatic heterocycles. The number of esters is 1. The molecule has 0 bridgehead atoms. The average Bonchev–Trinajstić information content (AvgIpc) is 2.65. The van der Waals surface area contributed by atoms with Gasteiger partial charge in [0.25, 0.3) is 5.91 Å². The van der Waals surface area contributed by atoms with Crippen LogP contribution >= 0.6 is 0 Å². The molecule has 0 heterocycles. The monoisotopic (exact) mass is 358 g/mol. The normalized spacial score (nSPS) is 15.8. The fourth-order valence-corrected chi connectivity index (χ4v) is 3.00. The summed E-state index contributed by atoms with van der Waals surface area (Å²) in [5, 5.41) is 12.0. The summed E-state index contributed by atoms with van der Waals surface area (Å²) in [5.41, 5.74) is 0.363. The van der Waals surface area contributed by atoms with E-state index in [0.29, 0.717) is 24.5 Å². The van der Waals surface area contributed by atoms with Gasteiger partial charge in [0.15, 0.2) is 13.2 Å². The van der Waals surface area contributed by atoms with Gasteiger partial charge in [-0.2, -0.15) is 5.26 Å².